The van der Waals surface area contributed by atoms with Gasteiger partial charge in [0.1, 0.15) is 11.6 Å². The number of hydrogen-bond acceptors (Lipinski definition) is 4. The van der Waals surface area contributed by atoms with Gasteiger partial charge in [-0.05, 0) is 26.1 Å². The van der Waals surface area contributed by atoms with E-state index in [1.807, 2.05) is 13.0 Å². The standard InChI is InChI=1S/C15H18FNO3/c1-9-5-10(8-20-9)15(17-2)11-6-13(18-3)14(19-4)7-12(11)16/h5-8,15,17H,1-4H3. The van der Waals surface area contributed by atoms with Crippen LogP contribution >= 0.6 is 0 Å². The van der Waals surface area contributed by atoms with Crippen LogP contribution in [-0.4, -0.2) is 21.3 Å². The second-order valence-corrected chi connectivity index (χ2v) is 4.44. The van der Waals surface area contributed by atoms with Gasteiger partial charge in [0, 0.05) is 17.2 Å². The van der Waals surface area contributed by atoms with Crippen LogP contribution in [0, 0.1) is 12.7 Å². The number of rotatable bonds is 5. The first-order chi connectivity index (χ1) is 9.60. The van der Waals surface area contributed by atoms with Crippen LogP contribution in [0.25, 0.3) is 0 Å². The lowest BCUT2D eigenvalue weighted by molar-refractivity contribution is 0.351. The average Bonchev–Trinajstić information content (AvgIpc) is 2.87. The van der Waals surface area contributed by atoms with Crippen LogP contribution in [0.3, 0.4) is 0 Å². The first kappa shape index (κ1) is 14.4. The summed E-state index contributed by atoms with van der Waals surface area (Å²) in [7, 11) is 4.77. The minimum absolute atomic E-state index is 0.313. The monoisotopic (exact) mass is 279 g/mol. The molecule has 0 aliphatic carbocycles. The fourth-order valence-corrected chi connectivity index (χ4v) is 2.21. The van der Waals surface area contributed by atoms with Gasteiger partial charge >= 0.3 is 0 Å². The molecule has 20 heavy (non-hydrogen) atoms. The number of halogens is 1. The maximum Gasteiger partial charge on any atom is 0.163 e. The van der Waals surface area contributed by atoms with Crippen molar-refractivity contribution in [2.45, 2.75) is 13.0 Å². The third-order valence-electron chi connectivity index (χ3n) is 3.19. The van der Waals surface area contributed by atoms with Gasteiger partial charge in [0.05, 0.1) is 26.5 Å². The summed E-state index contributed by atoms with van der Waals surface area (Å²) in [5.74, 6) is 1.28. The summed E-state index contributed by atoms with van der Waals surface area (Å²) in [5.41, 5.74) is 1.34. The number of furan rings is 1. The third-order valence-corrected chi connectivity index (χ3v) is 3.19. The van der Waals surface area contributed by atoms with Gasteiger partial charge in [-0.1, -0.05) is 0 Å². The number of methoxy groups -OCH3 is 2. The molecule has 2 rings (SSSR count). The van der Waals surface area contributed by atoms with Crippen molar-refractivity contribution in [3.8, 4) is 11.5 Å². The molecule has 0 saturated carbocycles. The van der Waals surface area contributed by atoms with Crippen molar-refractivity contribution in [3.63, 3.8) is 0 Å². The first-order valence-electron chi connectivity index (χ1n) is 6.24. The van der Waals surface area contributed by atoms with E-state index in [0.29, 0.717) is 17.1 Å². The summed E-state index contributed by atoms with van der Waals surface area (Å²) in [6.45, 7) is 1.85. The lowest BCUT2D eigenvalue weighted by Gasteiger charge is -2.18. The minimum Gasteiger partial charge on any atom is -0.493 e. The zero-order chi connectivity index (χ0) is 14.7. The van der Waals surface area contributed by atoms with E-state index in [1.165, 1.54) is 20.3 Å². The Hall–Kier alpha value is -2.01. The lowest BCUT2D eigenvalue weighted by Crippen LogP contribution is -2.18. The van der Waals surface area contributed by atoms with E-state index in [-0.39, 0.29) is 11.9 Å². The molecule has 0 spiro atoms. The van der Waals surface area contributed by atoms with Crippen molar-refractivity contribution >= 4 is 0 Å². The molecule has 0 radical (unpaired) electrons. The summed E-state index contributed by atoms with van der Waals surface area (Å²) in [5, 5.41) is 3.08. The molecule has 1 aromatic carbocycles. The van der Waals surface area contributed by atoms with Crippen LogP contribution in [0.2, 0.25) is 0 Å². The topological polar surface area (TPSA) is 43.6 Å². The van der Waals surface area contributed by atoms with Crippen molar-refractivity contribution in [1.82, 2.24) is 5.32 Å². The highest BCUT2D eigenvalue weighted by Gasteiger charge is 2.21. The first-order valence-corrected chi connectivity index (χ1v) is 6.24. The van der Waals surface area contributed by atoms with Crippen LogP contribution < -0.4 is 14.8 Å². The fraction of sp³-hybridized carbons (Fsp3) is 0.333. The number of hydrogen-bond donors (Lipinski definition) is 1. The molecule has 2 aromatic rings. The third kappa shape index (κ3) is 2.63. The van der Waals surface area contributed by atoms with E-state index in [4.69, 9.17) is 13.9 Å². The highest BCUT2D eigenvalue weighted by atomic mass is 19.1. The van der Waals surface area contributed by atoms with Gasteiger partial charge in [-0.3, -0.25) is 0 Å². The molecule has 1 heterocycles. The van der Waals surface area contributed by atoms with Crippen LogP contribution in [0.1, 0.15) is 22.9 Å². The Bertz CT molecular complexity index is 595. The maximum absolute atomic E-state index is 14.3. The number of nitrogens with one attached hydrogen (secondary N) is 1. The number of ether oxygens (including phenoxy) is 2. The highest BCUT2D eigenvalue weighted by Crippen LogP contribution is 2.34. The quantitative estimate of drug-likeness (QED) is 0.913. The second kappa shape index (κ2) is 5.96. The molecule has 5 heteroatoms. The summed E-state index contributed by atoms with van der Waals surface area (Å²) in [4.78, 5) is 0. The predicted octanol–water partition coefficient (Wildman–Crippen LogP) is 3.05. The van der Waals surface area contributed by atoms with E-state index >= 15 is 0 Å². The van der Waals surface area contributed by atoms with E-state index in [0.717, 1.165) is 11.3 Å². The van der Waals surface area contributed by atoms with Gasteiger partial charge in [-0.2, -0.15) is 0 Å². The molecule has 1 atom stereocenters. The normalized spacial score (nSPS) is 12.2. The molecule has 1 aromatic heterocycles. The largest absolute Gasteiger partial charge is 0.493 e. The van der Waals surface area contributed by atoms with Crippen LogP contribution in [0.4, 0.5) is 4.39 Å². The molecule has 0 amide bonds. The number of benzene rings is 1. The van der Waals surface area contributed by atoms with Crippen molar-refractivity contribution in [2.75, 3.05) is 21.3 Å². The zero-order valence-electron chi connectivity index (χ0n) is 12.0. The van der Waals surface area contributed by atoms with E-state index in [2.05, 4.69) is 5.32 Å². The molecule has 0 saturated heterocycles. The summed E-state index contributed by atoms with van der Waals surface area (Å²) in [6.07, 6.45) is 1.62. The van der Waals surface area contributed by atoms with Crippen molar-refractivity contribution < 1.29 is 18.3 Å². The zero-order valence-corrected chi connectivity index (χ0v) is 12.0. The van der Waals surface area contributed by atoms with E-state index in [1.54, 1.807) is 19.4 Å². The summed E-state index contributed by atoms with van der Waals surface area (Å²) < 4.78 is 29.9. The minimum atomic E-state index is -0.360. The maximum atomic E-state index is 14.3. The molecule has 1 unspecified atom stereocenters. The second-order valence-electron chi connectivity index (χ2n) is 4.44. The highest BCUT2D eigenvalue weighted by molar-refractivity contribution is 5.46. The van der Waals surface area contributed by atoms with E-state index in [9.17, 15) is 4.39 Å². The van der Waals surface area contributed by atoms with Gasteiger partial charge in [0.15, 0.2) is 11.5 Å². The van der Waals surface area contributed by atoms with Gasteiger partial charge in [0.2, 0.25) is 0 Å². The molecular weight excluding hydrogens is 261 g/mol. The van der Waals surface area contributed by atoms with Crippen LogP contribution in [0.15, 0.2) is 28.9 Å². The molecule has 0 bridgehead atoms. The predicted molar refractivity (Wildman–Crippen MR) is 73.9 cm³/mol. The average molecular weight is 279 g/mol. The Kier molecular flexibility index (Phi) is 4.29. The van der Waals surface area contributed by atoms with Crippen molar-refractivity contribution in [2.24, 2.45) is 0 Å². The van der Waals surface area contributed by atoms with Crippen molar-refractivity contribution in [3.05, 3.63) is 47.2 Å². The smallest absolute Gasteiger partial charge is 0.163 e. The Morgan fingerprint density at radius 1 is 1.15 bits per heavy atom. The fourth-order valence-electron chi connectivity index (χ4n) is 2.21. The lowest BCUT2D eigenvalue weighted by atomic mass is 10.00. The molecule has 1 N–H and O–H groups in total. The Balaban J connectivity index is 2.49. The summed E-state index contributed by atoms with van der Waals surface area (Å²) in [6, 6.07) is 4.52. The molecule has 0 aliphatic rings. The van der Waals surface area contributed by atoms with Gasteiger partial charge < -0.3 is 19.2 Å². The molecular formula is C15H18FNO3. The molecule has 108 valence electrons. The Morgan fingerprint density at radius 3 is 2.30 bits per heavy atom. The molecule has 0 aliphatic heterocycles. The van der Waals surface area contributed by atoms with Crippen LogP contribution in [-0.2, 0) is 0 Å². The van der Waals surface area contributed by atoms with Gasteiger partial charge in [-0.15, -0.1) is 0 Å². The van der Waals surface area contributed by atoms with Crippen LogP contribution in [0.5, 0.6) is 11.5 Å². The SMILES string of the molecule is CNC(c1coc(C)c1)c1cc(OC)c(OC)cc1F. The Labute approximate surface area is 117 Å². The summed E-state index contributed by atoms with van der Waals surface area (Å²) >= 11 is 0. The van der Waals surface area contributed by atoms with Gasteiger partial charge in [0.25, 0.3) is 0 Å². The Morgan fingerprint density at radius 2 is 1.80 bits per heavy atom. The molecule has 4 nitrogen and oxygen atoms in total. The van der Waals surface area contributed by atoms with Gasteiger partial charge in [-0.25, -0.2) is 4.39 Å². The van der Waals surface area contributed by atoms with Crippen molar-refractivity contribution in [1.29, 1.82) is 0 Å². The van der Waals surface area contributed by atoms with E-state index < -0.39 is 0 Å². The molecule has 0 fully saturated rings. The number of aryl methyl sites for hydroxylation is 1.